The zero-order chi connectivity index (χ0) is 9.26. The molecule has 1 aliphatic rings. The fraction of sp³-hybridized carbons (Fsp3) is 0.444. The molecule has 0 radical (unpaired) electrons. The summed E-state index contributed by atoms with van der Waals surface area (Å²) in [6.07, 6.45) is 4.98. The maximum Gasteiger partial charge on any atom is 0.227 e. The molecule has 1 aliphatic heterocycles. The molecule has 0 aromatic carbocycles. The van der Waals surface area contributed by atoms with Gasteiger partial charge in [0.2, 0.25) is 5.91 Å². The van der Waals surface area contributed by atoms with Crippen LogP contribution in [-0.4, -0.2) is 22.4 Å². The Balaban J connectivity index is 2.25. The number of aromatic nitrogens is 2. The third-order valence-corrected chi connectivity index (χ3v) is 2.15. The first-order valence-electron chi connectivity index (χ1n) is 4.36. The Morgan fingerprint density at radius 1 is 1.38 bits per heavy atom. The molecule has 68 valence electrons. The van der Waals surface area contributed by atoms with Crippen molar-refractivity contribution < 1.29 is 4.79 Å². The molecule has 1 fully saturated rings. The van der Waals surface area contributed by atoms with E-state index in [0.717, 1.165) is 24.5 Å². The molecular weight excluding hydrogens is 166 g/mol. The largest absolute Gasteiger partial charge is 0.310 e. The maximum atomic E-state index is 11.3. The van der Waals surface area contributed by atoms with Crippen molar-refractivity contribution in [2.24, 2.45) is 0 Å². The fourth-order valence-corrected chi connectivity index (χ4v) is 1.45. The van der Waals surface area contributed by atoms with Crippen LogP contribution in [0.3, 0.4) is 0 Å². The summed E-state index contributed by atoms with van der Waals surface area (Å²) in [4.78, 5) is 21.2. The van der Waals surface area contributed by atoms with Gasteiger partial charge in [-0.1, -0.05) is 0 Å². The van der Waals surface area contributed by atoms with Gasteiger partial charge in [-0.15, -0.1) is 0 Å². The minimum atomic E-state index is 0.174. The number of carbonyl (C=O) groups is 1. The topological polar surface area (TPSA) is 46.1 Å². The third-order valence-electron chi connectivity index (χ3n) is 2.15. The SMILES string of the molecule is Cc1ncc(N2CCCC2=O)cn1. The zero-order valence-electron chi connectivity index (χ0n) is 7.53. The Bertz CT molecular complexity index is 320. The molecule has 13 heavy (non-hydrogen) atoms. The Hall–Kier alpha value is -1.45. The summed E-state index contributed by atoms with van der Waals surface area (Å²) in [7, 11) is 0. The minimum Gasteiger partial charge on any atom is -0.310 e. The van der Waals surface area contributed by atoms with E-state index in [1.54, 1.807) is 17.3 Å². The predicted molar refractivity (Wildman–Crippen MR) is 48.4 cm³/mol. The van der Waals surface area contributed by atoms with Crippen LogP contribution in [0.5, 0.6) is 0 Å². The van der Waals surface area contributed by atoms with Crippen molar-refractivity contribution in [1.82, 2.24) is 9.97 Å². The van der Waals surface area contributed by atoms with Crippen LogP contribution in [0.25, 0.3) is 0 Å². The zero-order valence-corrected chi connectivity index (χ0v) is 7.53. The van der Waals surface area contributed by atoms with Gasteiger partial charge in [0.15, 0.2) is 0 Å². The lowest BCUT2D eigenvalue weighted by Crippen LogP contribution is -2.23. The van der Waals surface area contributed by atoms with Crippen LogP contribution in [0.4, 0.5) is 5.69 Å². The van der Waals surface area contributed by atoms with E-state index in [2.05, 4.69) is 9.97 Å². The highest BCUT2D eigenvalue weighted by atomic mass is 16.2. The molecule has 0 spiro atoms. The number of carbonyl (C=O) groups excluding carboxylic acids is 1. The highest BCUT2D eigenvalue weighted by Gasteiger charge is 2.21. The Morgan fingerprint density at radius 2 is 2.08 bits per heavy atom. The molecule has 1 saturated heterocycles. The molecule has 1 amide bonds. The van der Waals surface area contributed by atoms with Crippen LogP contribution >= 0.6 is 0 Å². The van der Waals surface area contributed by atoms with E-state index < -0.39 is 0 Å². The van der Waals surface area contributed by atoms with Crippen molar-refractivity contribution in [3.8, 4) is 0 Å². The van der Waals surface area contributed by atoms with Crippen LogP contribution in [-0.2, 0) is 4.79 Å². The van der Waals surface area contributed by atoms with Gasteiger partial charge in [0.05, 0.1) is 18.1 Å². The molecule has 1 aromatic heterocycles. The number of nitrogens with zero attached hydrogens (tertiary/aromatic N) is 3. The first kappa shape index (κ1) is 8.16. The van der Waals surface area contributed by atoms with Crippen molar-refractivity contribution in [2.45, 2.75) is 19.8 Å². The summed E-state index contributed by atoms with van der Waals surface area (Å²) in [6.45, 7) is 2.63. The molecule has 0 bridgehead atoms. The second-order valence-electron chi connectivity index (χ2n) is 3.14. The lowest BCUT2D eigenvalue weighted by molar-refractivity contribution is -0.117. The molecule has 0 atom stereocenters. The molecule has 1 aromatic rings. The fourth-order valence-electron chi connectivity index (χ4n) is 1.45. The van der Waals surface area contributed by atoms with E-state index in [-0.39, 0.29) is 5.91 Å². The van der Waals surface area contributed by atoms with Crippen LogP contribution in [0.1, 0.15) is 18.7 Å². The van der Waals surface area contributed by atoms with Gasteiger partial charge in [-0.05, 0) is 13.3 Å². The van der Waals surface area contributed by atoms with Gasteiger partial charge in [0.25, 0.3) is 0 Å². The Labute approximate surface area is 76.6 Å². The van der Waals surface area contributed by atoms with E-state index in [4.69, 9.17) is 0 Å². The van der Waals surface area contributed by atoms with E-state index in [9.17, 15) is 4.79 Å². The van der Waals surface area contributed by atoms with Crippen molar-refractivity contribution in [3.63, 3.8) is 0 Å². The van der Waals surface area contributed by atoms with Gasteiger partial charge >= 0.3 is 0 Å². The third kappa shape index (κ3) is 1.52. The summed E-state index contributed by atoms with van der Waals surface area (Å²) in [5, 5.41) is 0. The standard InChI is InChI=1S/C9H11N3O/c1-7-10-5-8(6-11-7)12-4-2-3-9(12)13/h5-6H,2-4H2,1H3. The van der Waals surface area contributed by atoms with Crippen LogP contribution < -0.4 is 4.90 Å². The van der Waals surface area contributed by atoms with E-state index >= 15 is 0 Å². The number of hydrogen-bond acceptors (Lipinski definition) is 3. The first-order valence-corrected chi connectivity index (χ1v) is 4.36. The highest BCUT2D eigenvalue weighted by molar-refractivity contribution is 5.94. The van der Waals surface area contributed by atoms with Gasteiger partial charge in [-0.2, -0.15) is 0 Å². The van der Waals surface area contributed by atoms with E-state index in [0.29, 0.717) is 6.42 Å². The number of rotatable bonds is 1. The van der Waals surface area contributed by atoms with Gasteiger partial charge in [0.1, 0.15) is 5.82 Å². The van der Waals surface area contributed by atoms with E-state index in [1.807, 2.05) is 6.92 Å². The van der Waals surface area contributed by atoms with Crippen LogP contribution in [0.15, 0.2) is 12.4 Å². The molecule has 0 aliphatic carbocycles. The van der Waals surface area contributed by atoms with Gasteiger partial charge in [0, 0.05) is 13.0 Å². The molecule has 4 heteroatoms. The second kappa shape index (κ2) is 3.12. The number of anilines is 1. The normalized spacial score (nSPS) is 16.7. The summed E-state index contributed by atoms with van der Waals surface area (Å²) in [5.41, 5.74) is 0.813. The average Bonchev–Trinajstić information content (AvgIpc) is 2.53. The monoisotopic (exact) mass is 177 g/mol. The van der Waals surface area contributed by atoms with Crippen LogP contribution in [0.2, 0.25) is 0 Å². The summed E-state index contributed by atoms with van der Waals surface area (Å²) in [6, 6.07) is 0. The smallest absolute Gasteiger partial charge is 0.227 e. The Kier molecular flexibility index (Phi) is 1.96. The highest BCUT2D eigenvalue weighted by Crippen LogP contribution is 2.18. The summed E-state index contributed by atoms with van der Waals surface area (Å²) in [5.74, 6) is 0.905. The van der Waals surface area contributed by atoms with Crippen molar-refractivity contribution in [2.75, 3.05) is 11.4 Å². The van der Waals surface area contributed by atoms with Crippen molar-refractivity contribution in [1.29, 1.82) is 0 Å². The molecule has 2 rings (SSSR count). The second-order valence-corrected chi connectivity index (χ2v) is 3.14. The van der Waals surface area contributed by atoms with Crippen molar-refractivity contribution in [3.05, 3.63) is 18.2 Å². The summed E-state index contributed by atoms with van der Waals surface area (Å²) < 4.78 is 0. The minimum absolute atomic E-state index is 0.174. The van der Waals surface area contributed by atoms with E-state index in [1.165, 1.54) is 0 Å². The quantitative estimate of drug-likeness (QED) is 0.640. The Morgan fingerprint density at radius 3 is 2.62 bits per heavy atom. The number of amides is 1. The predicted octanol–water partition coefficient (Wildman–Crippen LogP) is 0.912. The van der Waals surface area contributed by atoms with Crippen LogP contribution in [0, 0.1) is 6.92 Å². The molecule has 2 heterocycles. The van der Waals surface area contributed by atoms with Crippen molar-refractivity contribution >= 4 is 11.6 Å². The molecule has 4 nitrogen and oxygen atoms in total. The van der Waals surface area contributed by atoms with Gasteiger partial charge in [-0.3, -0.25) is 4.79 Å². The molecule has 0 unspecified atom stereocenters. The van der Waals surface area contributed by atoms with Gasteiger partial charge in [-0.25, -0.2) is 9.97 Å². The number of hydrogen-bond donors (Lipinski definition) is 0. The molecule has 0 N–H and O–H groups in total. The lowest BCUT2D eigenvalue weighted by atomic mass is 10.4. The van der Waals surface area contributed by atoms with Gasteiger partial charge < -0.3 is 4.90 Å². The lowest BCUT2D eigenvalue weighted by Gasteiger charge is -2.13. The first-order chi connectivity index (χ1) is 6.27. The number of aryl methyl sites for hydroxylation is 1. The molecule has 0 saturated carbocycles. The maximum absolute atomic E-state index is 11.3. The summed E-state index contributed by atoms with van der Waals surface area (Å²) >= 11 is 0. The average molecular weight is 177 g/mol. The molecular formula is C9H11N3O.